The van der Waals surface area contributed by atoms with E-state index < -0.39 is 0 Å². The largest absolute Gasteiger partial charge is 0.450 e. The van der Waals surface area contributed by atoms with Crippen molar-refractivity contribution in [2.24, 2.45) is 0 Å². The molecule has 22 heavy (non-hydrogen) atoms. The van der Waals surface area contributed by atoms with E-state index in [9.17, 15) is 4.79 Å². The lowest BCUT2D eigenvalue weighted by atomic mass is 10.0. The SMILES string of the molecule is Cc1c(C(=O)N(C)C2CCN(C)CC2)oc2c(C)cccc12. The molecule has 2 aromatic rings. The van der Waals surface area contributed by atoms with E-state index in [2.05, 4.69) is 11.9 Å². The molecule has 0 atom stereocenters. The zero-order chi connectivity index (χ0) is 15.9. The van der Waals surface area contributed by atoms with Crippen molar-refractivity contribution in [3.63, 3.8) is 0 Å². The molecular weight excluding hydrogens is 276 g/mol. The first kappa shape index (κ1) is 15.1. The van der Waals surface area contributed by atoms with Crippen LogP contribution in [-0.4, -0.2) is 48.9 Å². The molecule has 0 radical (unpaired) electrons. The van der Waals surface area contributed by atoms with E-state index >= 15 is 0 Å². The second kappa shape index (κ2) is 5.76. The number of aryl methyl sites for hydroxylation is 2. The normalized spacial score (nSPS) is 17.1. The van der Waals surface area contributed by atoms with Crippen molar-refractivity contribution in [3.05, 3.63) is 35.1 Å². The Balaban J connectivity index is 1.89. The summed E-state index contributed by atoms with van der Waals surface area (Å²) in [5, 5.41) is 1.04. The summed E-state index contributed by atoms with van der Waals surface area (Å²) >= 11 is 0. The average Bonchev–Trinajstić information content (AvgIpc) is 2.85. The van der Waals surface area contributed by atoms with Gasteiger partial charge in [-0.3, -0.25) is 4.79 Å². The minimum Gasteiger partial charge on any atom is -0.450 e. The van der Waals surface area contributed by atoms with E-state index in [1.807, 2.05) is 44.0 Å². The maximum Gasteiger partial charge on any atom is 0.289 e. The summed E-state index contributed by atoms with van der Waals surface area (Å²) in [6, 6.07) is 6.35. The van der Waals surface area contributed by atoms with Gasteiger partial charge in [-0.1, -0.05) is 18.2 Å². The van der Waals surface area contributed by atoms with Gasteiger partial charge in [0.05, 0.1) is 0 Å². The predicted molar refractivity (Wildman–Crippen MR) is 88.3 cm³/mol. The minimum atomic E-state index is 0.00246. The van der Waals surface area contributed by atoms with Gasteiger partial charge < -0.3 is 14.2 Å². The van der Waals surface area contributed by atoms with Crippen LogP contribution in [0.3, 0.4) is 0 Å². The van der Waals surface area contributed by atoms with Gasteiger partial charge in [0.1, 0.15) is 5.58 Å². The molecule has 118 valence electrons. The van der Waals surface area contributed by atoms with Gasteiger partial charge in [-0.05, 0) is 52.4 Å². The van der Waals surface area contributed by atoms with Gasteiger partial charge in [0, 0.05) is 24.0 Å². The fourth-order valence-electron chi connectivity index (χ4n) is 3.30. The van der Waals surface area contributed by atoms with Gasteiger partial charge in [0.25, 0.3) is 5.91 Å². The Hall–Kier alpha value is -1.81. The third-order valence-corrected chi connectivity index (χ3v) is 4.91. The van der Waals surface area contributed by atoms with E-state index in [1.54, 1.807) is 0 Å². The van der Waals surface area contributed by atoms with Crippen molar-refractivity contribution in [1.29, 1.82) is 0 Å². The summed E-state index contributed by atoms with van der Waals surface area (Å²) in [7, 11) is 4.03. The van der Waals surface area contributed by atoms with Crippen LogP contribution in [0.25, 0.3) is 11.0 Å². The standard InChI is InChI=1S/C18H24N2O2/c1-12-6-5-7-15-13(2)17(22-16(12)15)18(21)20(4)14-8-10-19(3)11-9-14/h5-7,14H,8-11H2,1-4H3. The first-order valence-electron chi connectivity index (χ1n) is 7.93. The number of furan rings is 1. The molecular formula is C18H24N2O2. The molecule has 0 saturated carbocycles. The summed E-state index contributed by atoms with van der Waals surface area (Å²) in [6.45, 7) is 6.07. The highest BCUT2D eigenvalue weighted by Crippen LogP contribution is 2.29. The number of fused-ring (bicyclic) bond motifs is 1. The quantitative estimate of drug-likeness (QED) is 0.854. The number of carbonyl (C=O) groups is 1. The zero-order valence-corrected chi connectivity index (χ0v) is 13.8. The van der Waals surface area contributed by atoms with E-state index in [-0.39, 0.29) is 5.91 Å². The average molecular weight is 300 g/mol. The number of piperidine rings is 1. The first-order valence-corrected chi connectivity index (χ1v) is 7.93. The van der Waals surface area contributed by atoms with Gasteiger partial charge in [-0.2, -0.15) is 0 Å². The predicted octanol–water partition coefficient (Wildman–Crippen LogP) is 3.22. The molecule has 1 saturated heterocycles. The molecule has 1 aromatic carbocycles. The summed E-state index contributed by atoms with van der Waals surface area (Å²) in [5.41, 5.74) is 2.85. The Bertz CT molecular complexity index is 696. The van der Waals surface area contributed by atoms with Crippen LogP contribution in [0.4, 0.5) is 0 Å². The number of hydrogen-bond donors (Lipinski definition) is 0. The molecule has 1 aromatic heterocycles. The smallest absolute Gasteiger partial charge is 0.289 e. The number of benzene rings is 1. The zero-order valence-electron chi connectivity index (χ0n) is 13.8. The molecule has 1 aliphatic heterocycles. The van der Waals surface area contributed by atoms with Crippen molar-refractivity contribution in [3.8, 4) is 0 Å². The second-order valence-corrected chi connectivity index (χ2v) is 6.46. The molecule has 4 heteroatoms. The van der Waals surface area contributed by atoms with Crippen LogP contribution in [0.15, 0.2) is 22.6 Å². The highest BCUT2D eigenvalue weighted by molar-refractivity contribution is 5.99. The Morgan fingerprint density at radius 1 is 1.27 bits per heavy atom. The fourth-order valence-corrected chi connectivity index (χ4v) is 3.30. The Morgan fingerprint density at radius 2 is 1.95 bits per heavy atom. The van der Waals surface area contributed by atoms with Crippen molar-refractivity contribution < 1.29 is 9.21 Å². The number of carbonyl (C=O) groups excluding carboxylic acids is 1. The van der Waals surface area contributed by atoms with Gasteiger partial charge in [0.2, 0.25) is 0 Å². The highest BCUT2D eigenvalue weighted by Gasteiger charge is 2.28. The maximum absolute atomic E-state index is 12.8. The molecule has 0 N–H and O–H groups in total. The Kier molecular flexibility index (Phi) is 3.96. The number of likely N-dealkylation sites (tertiary alicyclic amines) is 1. The van der Waals surface area contributed by atoms with Crippen LogP contribution >= 0.6 is 0 Å². The lowest BCUT2D eigenvalue weighted by Crippen LogP contribution is -2.44. The van der Waals surface area contributed by atoms with Crippen LogP contribution in [0.1, 0.15) is 34.5 Å². The molecule has 0 spiro atoms. The summed E-state index contributed by atoms with van der Waals surface area (Å²) < 4.78 is 5.92. The van der Waals surface area contributed by atoms with Crippen LogP contribution in [0.2, 0.25) is 0 Å². The number of para-hydroxylation sites is 1. The minimum absolute atomic E-state index is 0.00246. The molecule has 0 aliphatic carbocycles. The third kappa shape index (κ3) is 2.52. The van der Waals surface area contributed by atoms with E-state index in [1.165, 1.54) is 0 Å². The van der Waals surface area contributed by atoms with Crippen molar-refractivity contribution in [2.45, 2.75) is 32.7 Å². The third-order valence-electron chi connectivity index (χ3n) is 4.91. The Morgan fingerprint density at radius 3 is 2.59 bits per heavy atom. The van der Waals surface area contributed by atoms with Gasteiger partial charge in [-0.15, -0.1) is 0 Å². The Labute approximate surface area is 131 Å². The number of hydrogen-bond acceptors (Lipinski definition) is 3. The van der Waals surface area contributed by atoms with Gasteiger partial charge in [0.15, 0.2) is 5.76 Å². The van der Waals surface area contributed by atoms with Crippen molar-refractivity contribution >= 4 is 16.9 Å². The fraction of sp³-hybridized carbons (Fsp3) is 0.500. The topological polar surface area (TPSA) is 36.7 Å². The number of amides is 1. The molecule has 3 rings (SSSR count). The van der Waals surface area contributed by atoms with Crippen LogP contribution in [0.5, 0.6) is 0 Å². The first-order chi connectivity index (χ1) is 10.5. The molecule has 1 fully saturated rings. The molecule has 1 amide bonds. The van der Waals surface area contributed by atoms with E-state index in [0.29, 0.717) is 11.8 Å². The summed E-state index contributed by atoms with van der Waals surface area (Å²) in [6.07, 6.45) is 2.05. The van der Waals surface area contributed by atoms with Crippen LogP contribution < -0.4 is 0 Å². The van der Waals surface area contributed by atoms with Crippen molar-refractivity contribution in [1.82, 2.24) is 9.80 Å². The molecule has 0 bridgehead atoms. The van der Waals surface area contributed by atoms with Gasteiger partial charge >= 0.3 is 0 Å². The molecule has 2 heterocycles. The maximum atomic E-state index is 12.8. The summed E-state index contributed by atoms with van der Waals surface area (Å²) in [4.78, 5) is 17.0. The lowest BCUT2D eigenvalue weighted by molar-refractivity contribution is 0.0629. The van der Waals surface area contributed by atoms with E-state index in [0.717, 1.165) is 48.0 Å². The second-order valence-electron chi connectivity index (χ2n) is 6.46. The highest BCUT2D eigenvalue weighted by atomic mass is 16.3. The molecule has 4 nitrogen and oxygen atoms in total. The monoisotopic (exact) mass is 300 g/mol. The number of rotatable bonds is 2. The summed E-state index contributed by atoms with van der Waals surface area (Å²) in [5.74, 6) is 0.494. The lowest BCUT2D eigenvalue weighted by Gasteiger charge is -2.34. The molecule has 1 aliphatic rings. The van der Waals surface area contributed by atoms with Gasteiger partial charge in [-0.25, -0.2) is 0 Å². The van der Waals surface area contributed by atoms with Crippen LogP contribution in [-0.2, 0) is 0 Å². The van der Waals surface area contributed by atoms with Crippen LogP contribution in [0, 0.1) is 13.8 Å². The molecule has 0 unspecified atom stereocenters. The van der Waals surface area contributed by atoms with E-state index in [4.69, 9.17) is 4.42 Å². The van der Waals surface area contributed by atoms with Crippen molar-refractivity contribution in [2.75, 3.05) is 27.2 Å². The number of nitrogens with zero attached hydrogens (tertiary/aromatic N) is 2.